The SMILES string of the molecule is CCCCCCCCCCCCc1ccc(-c2ccc(CCCCCCCC)cn2)cc1. The maximum atomic E-state index is 4.73. The van der Waals surface area contributed by atoms with Crippen LogP contribution in [0, 0.1) is 0 Å². The Morgan fingerprint density at radius 2 is 0.906 bits per heavy atom. The zero-order chi connectivity index (χ0) is 22.7. The van der Waals surface area contributed by atoms with Gasteiger partial charge in [0.05, 0.1) is 5.69 Å². The third-order valence-corrected chi connectivity index (χ3v) is 6.71. The molecule has 1 nitrogen and oxygen atoms in total. The Hall–Kier alpha value is -1.63. The van der Waals surface area contributed by atoms with Crippen molar-refractivity contribution in [2.24, 2.45) is 0 Å². The van der Waals surface area contributed by atoms with Crippen LogP contribution in [0.1, 0.15) is 128 Å². The molecule has 0 aliphatic carbocycles. The smallest absolute Gasteiger partial charge is 0.0702 e. The average Bonchev–Trinajstić information content (AvgIpc) is 2.83. The molecule has 0 amide bonds. The van der Waals surface area contributed by atoms with Crippen LogP contribution < -0.4 is 0 Å². The van der Waals surface area contributed by atoms with Crippen LogP contribution in [0.15, 0.2) is 42.6 Å². The van der Waals surface area contributed by atoms with E-state index >= 15 is 0 Å². The topological polar surface area (TPSA) is 12.9 Å². The number of nitrogens with zero attached hydrogens (tertiary/aromatic N) is 1. The lowest BCUT2D eigenvalue weighted by molar-refractivity contribution is 0.556. The number of unbranched alkanes of at least 4 members (excludes halogenated alkanes) is 14. The van der Waals surface area contributed by atoms with Gasteiger partial charge in [-0.15, -0.1) is 0 Å². The van der Waals surface area contributed by atoms with Crippen LogP contribution in [0.25, 0.3) is 11.3 Å². The summed E-state index contributed by atoms with van der Waals surface area (Å²) < 4.78 is 0. The first-order chi connectivity index (χ1) is 15.8. The molecule has 1 aromatic carbocycles. The van der Waals surface area contributed by atoms with Gasteiger partial charge in [-0.1, -0.05) is 134 Å². The fourth-order valence-electron chi connectivity index (χ4n) is 4.51. The summed E-state index contributed by atoms with van der Waals surface area (Å²) >= 11 is 0. The summed E-state index contributed by atoms with van der Waals surface area (Å²) in [6.45, 7) is 4.57. The van der Waals surface area contributed by atoms with E-state index < -0.39 is 0 Å². The number of aromatic nitrogens is 1. The van der Waals surface area contributed by atoms with E-state index in [9.17, 15) is 0 Å². The summed E-state index contributed by atoms with van der Waals surface area (Å²) in [5.41, 5.74) is 5.18. The van der Waals surface area contributed by atoms with E-state index in [2.05, 4.69) is 56.4 Å². The molecule has 32 heavy (non-hydrogen) atoms. The second-order valence-corrected chi connectivity index (χ2v) is 9.70. The molecule has 0 spiro atoms. The number of rotatable bonds is 19. The Morgan fingerprint density at radius 1 is 0.469 bits per heavy atom. The van der Waals surface area contributed by atoms with Crippen LogP contribution in [0.4, 0.5) is 0 Å². The van der Waals surface area contributed by atoms with Crippen molar-refractivity contribution in [2.45, 2.75) is 129 Å². The molecule has 1 heteroatoms. The van der Waals surface area contributed by atoms with Crippen molar-refractivity contribution in [3.05, 3.63) is 53.7 Å². The fourth-order valence-corrected chi connectivity index (χ4v) is 4.51. The zero-order valence-electron chi connectivity index (χ0n) is 21.2. The van der Waals surface area contributed by atoms with Gasteiger partial charge in [-0.25, -0.2) is 0 Å². The lowest BCUT2D eigenvalue weighted by Gasteiger charge is -2.06. The molecule has 0 N–H and O–H groups in total. The van der Waals surface area contributed by atoms with Gasteiger partial charge < -0.3 is 0 Å². The first-order valence-corrected chi connectivity index (χ1v) is 13.9. The lowest BCUT2D eigenvalue weighted by atomic mass is 10.0. The highest BCUT2D eigenvalue weighted by Gasteiger charge is 2.02. The number of aryl methyl sites for hydroxylation is 2. The minimum Gasteiger partial charge on any atom is -0.256 e. The maximum Gasteiger partial charge on any atom is 0.0702 e. The van der Waals surface area contributed by atoms with Gasteiger partial charge in [-0.05, 0) is 42.9 Å². The van der Waals surface area contributed by atoms with Crippen molar-refractivity contribution in [1.82, 2.24) is 4.98 Å². The molecule has 0 atom stereocenters. The van der Waals surface area contributed by atoms with E-state index in [-0.39, 0.29) is 0 Å². The van der Waals surface area contributed by atoms with Crippen molar-refractivity contribution < 1.29 is 0 Å². The van der Waals surface area contributed by atoms with Crippen LogP contribution in [-0.2, 0) is 12.8 Å². The summed E-state index contributed by atoms with van der Waals surface area (Å²) in [5.74, 6) is 0. The Balaban J connectivity index is 1.59. The molecule has 2 rings (SSSR count). The molecule has 1 heterocycles. The van der Waals surface area contributed by atoms with Crippen molar-refractivity contribution in [3.8, 4) is 11.3 Å². The molecule has 178 valence electrons. The summed E-state index contributed by atoms with van der Waals surface area (Å²) in [6, 6.07) is 13.6. The molecule has 0 fully saturated rings. The van der Waals surface area contributed by atoms with E-state index in [1.807, 2.05) is 0 Å². The normalized spacial score (nSPS) is 11.2. The summed E-state index contributed by atoms with van der Waals surface area (Å²) in [7, 11) is 0. The highest BCUT2D eigenvalue weighted by Crippen LogP contribution is 2.20. The van der Waals surface area contributed by atoms with Gasteiger partial charge in [0.2, 0.25) is 0 Å². The Labute approximate surface area is 199 Å². The second kappa shape index (κ2) is 17.9. The lowest BCUT2D eigenvalue weighted by Crippen LogP contribution is -1.91. The molecule has 0 saturated heterocycles. The molecular weight excluding hydrogens is 386 g/mol. The van der Waals surface area contributed by atoms with Gasteiger partial charge >= 0.3 is 0 Å². The second-order valence-electron chi connectivity index (χ2n) is 9.70. The summed E-state index contributed by atoms with van der Waals surface area (Å²) in [6.07, 6.45) is 26.6. The molecule has 0 saturated carbocycles. The highest BCUT2D eigenvalue weighted by molar-refractivity contribution is 5.59. The van der Waals surface area contributed by atoms with Crippen LogP contribution in [0.2, 0.25) is 0 Å². The van der Waals surface area contributed by atoms with Crippen molar-refractivity contribution >= 4 is 0 Å². The van der Waals surface area contributed by atoms with E-state index in [4.69, 9.17) is 4.98 Å². The quantitative estimate of drug-likeness (QED) is 0.200. The average molecular weight is 436 g/mol. The van der Waals surface area contributed by atoms with Gasteiger partial charge in [0.15, 0.2) is 0 Å². The largest absolute Gasteiger partial charge is 0.256 e. The Morgan fingerprint density at radius 3 is 1.38 bits per heavy atom. The molecule has 0 radical (unpaired) electrons. The first kappa shape index (κ1) is 26.6. The Bertz CT molecular complexity index is 671. The van der Waals surface area contributed by atoms with Gasteiger partial charge in [-0.3, -0.25) is 4.98 Å². The molecule has 0 aliphatic rings. The minimum atomic E-state index is 1.10. The minimum absolute atomic E-state index is 1.10. The number of pyridine rings is 1. The molecule has 0 unspecified atom stereocenters. The fraction of sp³-hybridized carbons (Fsp3) is 0.645. The molecule has 2 aromatic rings. The number of hydrogen-bond donors (Lipinski definition) is 0. The summed E-state index contributed by atoms with van der Waals surface area (Å²) in [5, 5.41) is 0. The maximum absolute atomic E-state index is 4.73. The predicted octanol–water partition coefficient (Wildman–Crippen LogP) is 10.1. The monoisotopic (exact) mass is 435 g/mol. The highest BCUT2D eigenvalue weighted by atomic mass is 14.7. The zero-order valence-corrected chi connectivity index (χ0v) is 21.2. The van der Waals surface area contributed by atoms with Crippen LogP contribution >= 0.6 is 0 Å². The van der Waals surface area contributed by atoms with Gasteiger partial charge in [0.25, 0.3) is 0 Å². The molecule has 0 aliphatic heterocycles. The van der Waals surface area contributed by atoms with E-state index in [0.717, 1.165) is 12.1 Å². The van der Waals surface area contributed by atoms with Crippen molar-refractivity contribution in [1.29, 1.82) is 0 Å². The van der Waals surface area contributed by atoms with Gasteiger partial charge in [0.1, 0.15) is 0 Å². The van der Waals surface area contributed by atoms with Crippen molar-refractivity contribution in [3.63, 3.8) is 0 Å². The van der Waals surface area contributed by atoms with Crippen molar-refractivity contribution in [2.75, 3.05) is 0 Å². The van der Waals surface area contributed by atoms with Crippen LogP contribution in [-0.4, -0.2) is 4.98 Å². The molecular formula is C31H49N. The summed E-state index contributed by atoms with van der Waals surface area (Å²) in [4.78, 5) is 4.73. The molecule has 0 bridgehead atoms. The van der Waals surface area contributed by atoms with Gasteiger partial charge in [0, 0.05) is 11.8 Å². The standard InChI is InChI=1S/C31H49N/c1-3-5-7-9-11-12-13-14-16-17-19-28-21-24-30(25-22-28)31-26-23-29(27-32-31)20-18-15-10-8-6-4-2/h21-27H,3-20H2,1-2H3. The van der Waals surface area contributed by atoms with E-state index in [0.29, 0.717) is 0 Å². The number of hydrogen-bond acceptors (Lipinski definition) is 1. The van der Waals surface area contributed by atoms with E-state index in [1.54, 1.807) is 0 Å². The number of benzene rings is 1. The third-order valence-electron chi connectivity index (χ3n) is 6.71. The van der Waals surface area contributed by atoms with Gasteiger partial charge in [-0.2, -0.15) is 0 Å². The van der Waals surface area contributed by atoms with E-state index in [1.165, 1.54) is 126 Å². The molecule has 1 aromatic heterocycles. The predicted molar refractivity (Wildman–Crippen MR) is 142 cm³/mol. The van der Waals surface area contributed by atoms with Crippen LogP contribution in [0.5, 0.6) is 0 Å². The third kappa shape index (κ3) is 11.8. The first-order valence-electron chi connectivity index (χ1n) is 13.9. The van der Waals surface area contributed by atoms with Crippen LogP contribution in [0.3, 0.4) is 0 Å². The Kier molecular flexibility index (Phi) is 14.9.